The Kier molecular flexibility index (Phi) is 3.77. The molecule has 2 nitrogen and oxygen atoms in total. The number of hydrogen-bond acceptors (Lipinski definition) is 2. The van der Waals surface area contributed by atoms with Crippen LogP contribution in [0.3, 0.4) is 0 Å². The number of benzene rings is 1. The lowest BCUT2D eigenvalue weighted by molar-refractivity contribution is -0.142. The molecule has 1 aromatic rings. The van der Waals surface area contributed by atoms with Gasteiger partial charge in [-0.25, -0.2) is 8.78 Å². The van der Waals surface area contributed by atoms with Crippen LogP contribution in [0.1, 0.15) is 18.1 Å². The topological polar surface area (TPSA) is 26.3 Å². The second kappa shape index (κ2) is 4.87. The number of carbonyl (C=O) groups is 1. The normalized spacial score (nSPS) is 10.1. The highest BCUT2D eigenvalue weighted by Gasteiger charge is 2.14. The van der Waals surface area contributed by atoms with E-state index in [1.807, 2.05) is 0 Å². The molecule has 1 rings (SSSR count). The van der Waals surface area contributed by atoms with Crippen LogP contribution < -0.4 is 0 Å². The Morgan fingerprint density at radius 3 is 2.33 bits per heavy atom. The molecule has 0 atom stereocenters. The molecule has 1 aromatic carbocycles. The van der Waals surface area contributed by atoms with E-state index in [2.05, 4.69) is 4.74 Å². The second-order valence-electron chi connectivity index (χ2n) is 3.19. The van der Waals surface area contributed by atoms with Crippen molar-refractivity contribution in [1.82, 2.24) is 0 Å². The molecule has 0 saturated heterocycles. The van der Waals surface area contributed by atoms with Crippen molar-refractivity contribution in [3.05, 3.63) is 34.9 Å². The van der Waals surface area contributed by atoms with Crippen molar-refractivity contribution >= 4 is 5.97 Å². The quantitative estimate of drug-likeness (QED) is 0.722. The molecule has 0 N–H and O–H groups in total. The van der Waals surface area contributed by atoms with Crippen molar-refractivity contribution in [3.8, 4) is 0 Å². The fourth-order valence-electron chi connectivity index (χ4n) is 1.25. The summed E-state index contributed by atoms with van der Waals surface area (Å²) in [4.78, 5) is 11.0. The maximum absolute atomic E-state index is 13.3. The van der Waals surface area contributed by atoms with Crippen LogP contribution in [-0.2, 0) is 16.0 Å². The predicted octanol–water partition coefficient (Wildman–Crippen LogP) is 2.38. The van der Waals surface area contributed by atoms with Crippen molar-refractivity contribution < 1.29 is 18.3 Å². The van der Waals surface area contributed by atoms with E-state index in [1.54, 1.807) is 13.8 Å². The Bertz CT molecular complexity index is 352. The average Bonchev–Trinajstić information content (AvgIpc) is 2.11. The molecule has 0 fully saturated rings. The Morgan fingerprint density at radius 2 is 1.87 bits per heavy atom. The zero-order chi connectivity index (χ0) is 11.4. The molecule has 0 amide bonds. The molecule has 0 aromatic heterocycles. The van der Waals surface area contributed by atoms with Gasteiger partial charge in [-0.05, 0) is 31.5 Å². The van der Waals surface area contributed by atoms with Gasteiger partial charge in [-0.3, -0.25) is 4.79 Å². The van der Waals surface area contributed by atoms with Crippen LogP contribution in [0.2, 0.25) is 0 Å². The summed E-state index contributed by atoms with van der Waals surface area (Å²) in [5.74, 6) is -2.04. The van der Waals surface area contributed by atoms with E-state index in [-0.39, 0.29) is 18.6 Å². The van der Waals surface area contributed by atoms with Gasteiger partial charge in [0.2, 0.25) is 0 Å². The standard InChI is InChI=1S/C11H12F2O2/c1-3-15-11(14)6-8-9(12)4-7(2)5-10(8)13/h4-5H,3,6H2,1-2H3. The summed E-state index contributed by atoms with van der Waals surface area (Å²) >= 11 is 0. The molecule has 4 heteroatoms. The highest BCUT2D eigenvalue weighted by Crippen LogP contribution is 2.15. The van der Waals surface area contributed by atoms with Gasteiger partial charge in [0.25, 0.3) is 0 Å². The van der Waals surface area contributed by atoms with E-state index in [0.29, 0.717) is 5.56 Å². The Morgan fingerprint density at radius 1 is 1.33 bits per heavy atom. The number of rotatable bonds is 3. The fraction of sp³-hybridized carbons (Fsp3) is 0.364. The zero-order valence-corrected chi connectivity index (χ0v) is 8.64. The number of ether oxygens (including phenoxy) is 1. The minimum Gasteiger partial charge on any atom is -0.466 e. The number of aryl methyl sites for hydroxylation is 1. The van der Waals surface area contributed by atoms with Crippen LogP contribution in [0.25, 0.3) is 0 Å². The summed E-state index contributed by atoms with van der Waals surface area (Å²) in [6.07, 6.45) is -0.369. The van der Waals surface area contributed by atoms with E-state index in [9.17, 15) is 13.6 Å². The molecule has 15 heavy (non-hydrogen) atoms. The van der Waals surface area contributed by atoms with Crippen LogP contribution in [0.5, 0.6) is 0 Å². The molecular formula is C11H12F2O2. The maximum atomic E-state index is 13.3. The summed E-state index contributed by atoms with van der Waals surface area (Å²) in [5, 5.41) is 0. The Labute approximate surface area is 86.9 Å². The molecule has 0 aliphatic carbocycles. The van der Waals surface area contributed by atoms with Gasteiger partial charge >= 0.3 is 5.97 Å². The summed E-state index contributed by atoms with van der Waals surface area (Å²) < 4.78 is 31.1. The largest absolute Gasteiger partial charge is 0.466 e. The Hall–Kier alpha value is -1.45. The monoisotopic (exact) mass is 214 g/mol. The van der Waals surface area contributed by atoms with Gasteiger partial charge in [0.05, 0.1) is 13.0 Å². The smallest absolute Gasteiger partial charge is 0.310 e. The van der Waals surface area contributed by atoms with E-state index < -0.39 is 17.6 Å². The SMILES string of the molecule is CCOC(=O)Cc1c(F)cc(C)cc1F. The van der Waals surface area contributed by atoms with Gasteiger partial charge in [-0.1, -0.05) is 0 Å². The summed E-state index contributed by atoms with van der Waals surface area (Å²) in [7, 11) is 0. The first kappa shape index (κ1) is 11.6. The highest BCUT2D eigenvalue weighted by molar-refractivity contribution is 5.72. The lowest BCUT2D eigenvalue weighted by Crippen LogP contribution is -2.10. The minimum atomic E-state index is -0.708. The number of carbonyl (C=O) groups excluding carboxylic acids is 1. The van der Waals surface area contributed by atoms with Gasteiger partial charge in [0.1, 0.15) is 11.6 Å². The first-order valence-electron chi connectivity index (χ1n) is 4.64. The molecule has 0 aliphatic heterocycles. The molecule has 82 valence electrons. The third-order valence-electron chi connectivity index (χ3n) is 1.91. The molecule has 0 bridgehead atoms. The van der Waals surface area contributed by atoms with Crippen molar-refractivity contribution in [3.63, 3.8) is 0 Å². The summed E-state index contributed by atoms with van der Waals surface area (Å²) in [6.45, 7) is 3.42. The fourth-order valence-corrected chi connectivity index (χ4v) is 1.25. The van der Waals surface area contributed by atoms with Crippen molar-refractivity contribution in [2.75, 3.05) is 6.61 Å². The van der Waals surface area contributed by atoms with Crippen LogP contribution in [0.15, 0.2) is 12.1 Å². The van der Waals surface area contributed by atoms with Crippen molar-refractivity contribution in [2.45, 2.75) is 20.3 Å². The van der Waals surface area contributed by atoms with E-state index in [4.69, 9.17) is 0 Å². The van der Waals surface area contributed by atoms with E-state index in [0.717, 1.165) is 0 Å². The minimum absolute atomic E-state index is 0.202. The van der Waals surface area contributed by atoms with Crippen LogP contribution in [0, 0.1) is 18.6 Å². The lowest BCUT2D eigenvalue weighted by atomic mass is 10.1. The highest BCUT2D eigenvalue weighted by atomic mass is 19.1. The first-order chi connectivity index (χ1) is 7.04. The number of esters is 1. The molecule has 0 unspecified atom stereocenters. The first-order valence-corrected chi connectivity index (χ1v) is 4.64. The molecular weight excluding hydrogens is 202 g/mol. The van der Waals surface area contributed by atoms with Gasteiger partial charge in [-0.2, -0.15) is 0 Å². The predicted molar refractivity (Wildman–Crippen MR) is 51.4 cm³/mol. The lowest BCUT2D eigenvalue weighted by Gasteiger charge is -2.05. The van der Waals surface area contributed by atoms with E-state index in [1.165, 1.54) is 12.1 Å². The van der Waals surface area contributed by atoms with E-state index >= 15 is 0 Å². The van der Waals surface area contributed by atoms with Gasteiger partial charge in [0, 0.05) is 5.56 Å². The Balaban J connectivity index is 2.90. The average molecular weight is 214 g/mol. The van der Waals surface area contributed by atoms with Crippen LogP contribution in [-0.4, -0.2) is 12.6 Å². The van der Waals surface area contributed by atoms with Crippen molar-refractivity contribution in [1.29, 1.82) is 0 Å². The van der Waals surface area contributed by atoms with Crippen molar-refractivity contribution in [2.24, 2.45) is 0 Å². The summed E-state index contributed by atoms with van der Waals surface area (Å²) in [5.41, 5.74) is 0.247. The zero-order valence-electron chi connectivity index (χ0n) is 8.64. The summed E-state index contributed by atoms with van der Waals surface area (Å²) in [6, 6.07) is 2.38. The maximum Gasteiger partial charge on any atom is 0.310 e. The third-order valence-corrected chi connectivity index (χ3v) is 1.91. The van der Waals surface area contributed by atoms with Gasteiger partial charge in [0.15, 0.2) is 0 Å². The van der Waals surface area contributed by atoms with Crippen LogP contribution >= 0.6 is 0 Å². The van der Waals surface area contributed by atoms with Gasteiger partial charge in [-0.15, -0.1) is 0 Å². The molecule has 0 aliphatic rings. The molecule has 0 spiro atoms. The third kappa shape index (κ3) is 3.01. The molecule has 0 heterocycles. The second-order valence-corrected chi connectivity index (χ2v) is 3.19. The van der Waals surface area contributed by atoms with Gasteiger partial charge < -0.3 is 4.74 Å². The number of hydrogen-bond donors (Lipinski definition) is 0. The van der Waals surface area contributed by atoms with Crippen LogP contribution in [0.4, 0.5) is 8.78 Å². The molecule has 0 radical (unpaired) electrons. The number of halogens is 2. The molecule has 0 saturated carbocycles.